The zero-order valence-corrected chi connectivity index (χ0v) is 16.2. The molecule has 1 heterocycles. The fourth-order valence-corrected chi connectivity index (χ4v) is 3.51. The van der Waals surface area contributed by atoms with Crippen molar-refractivity contribution in [3.63, 3.8) is 0 Å². The number of nitrogens with zero attached hydrogens (tertiary/aromatic N) is 1. The van der Waals surface area contributed by atoms with Crippen LogP contribution in [0.25, 0.3) is 0 Å². The Balaban J connectivity index is 1.59. The second-order valence-corrected chi connectivity index (χ2v) is 7.03. The van der Waals surface area contributed by atoms with E-state index in [2.05, 4.69) is 10.6 Å². The molecule has 7 nitrogen and oxygen atoms in total. The first-order valence-electron chi connectivity index (χ1n) is 9.70. The second kappa shape index (κ2) is 8.65. The fourth-order valence-electron chi connectivity index (χ4n) is 3.51. The predicted molar refractivity (Wildman–Crippen MR) is 114 cm³/mol. The zero-order chi connectivity index (χ0) is 20.9. The molecule has 0 aliphatic carbocycles. The van der Waals surface area contributed by atoms with Crippen LogP contribution in [-0.2, 0) is 6.54 Å². The highest BCUT2D eigenvalue weighted by atomic mass is 16.6. The molecule has 1 amide bonds. The van der Waals surface area contributed by atoms with Gasteiger partial charge in [-0.1, -0.05) is 48.5 Å². The van der Waals surface area contributed by atoms with E-state index in [0.717, 1.165) is 16.9 Å². The van der Waals surface area contributed by atoms with E-state index in [-0.39, 0.29) is 23.2 Å². The molecular formula is C23H21N3O4. The molecule has 1 atom stereocenters. The molecule has 3 aromatic rings. The van der Waals surface area contributed by atoms with E-state index in [1.54, 1.807) is 6.07 Å². The molecule has 0 radical (unpaired) electrons. The Hall–Kier alpha value is -3.87. The van der Waals surface area contributed by atoms with Crippen LogP contribution in [-0.4, -0.2) is 17.4 Å². The van der Waals surface area contributed by atoms with Crippen molar-refractivity contribution in [3.8, 4) is 5.75 Å². The van der Waals surface area contributed by atoms with Crippen LogP contribution in [0.3, 0.4) is 0 Å². The maximum Gasteiger partial charge on any atom is 0.270 e. The van der Waals surface area contributed by atoms with E-state index >= 15 is 0 Å². The molecule has 0 unspecified atom stereocenters. The highest BCUT2D eigenvalue weighted by Crippen LogP contribution is 2.32. The first-order chi connectivity index (χ1) is 14.6. The van der Waals surface area contributed by atoms with Gasteiger partial charge in [-0.05, 0) is 17.7 Å². The van der Waals surface area contributed by atoms with Crippen molar-refractivity contribution in [3.05, 3.63) is 99.6 Å². The van der Waals surface area contributed by atoms with Gasteiger partial charge >= 0.3 is 0 Å². The smallest absolute Gasteiger partial charge is 0.270 e. The summed E-state index contributed by atoms with van der Waals surface area (Å²) >= 11 is 0. The van der Waals surface area contributed by atoms with Crippen molar-refractivity contribution < 1.29 is 14.5 Å². The lowest BCUT2D eigenvalue weighted by Crippen LogP contribution is -2.32. The number of carbonyl (C=O) groups excluding carboxylic acids is 1. The van der Waals surface area contributed by atoms with Crippen LogP contribution < -0.4 is 15.4 Å². The van der Waals surface area contributed by atoms with Gasteiger partial charge in [0.1, 0.15) is 5.75 Å². The number of para-hydroxylation sites is 1. The quantitative estimate of drug-likeness (QED) is 0.468. The molecule has 0 bridgehead atoms. The van der Waals surface area contributed by atoms with E-state index in [9.17, 15) is 14.9 Å². The maximum atomic E-state index is 13.1. The topological polar surface area (TPSA) is 93.5 Å². The van der Waals surface area contributed by atoms with Gasteiger partial charge in [-0.2, -0.15) is 0 Å². The largest absolute Gasteiger partial charge is 0.493 e. The lowest BCUT2D eigenvalue weighted by molar-refractivity contribution is -0.384. The van der Waals surface area contributed by atoms with E-state index in [0.29, 0.717) is 25.3 Å². The summed E-state index contributed by atoms with van der Waals surface area (Å²) < 4.78 is 5.65. The van der Waals surface area contributed by atoms with Crippen LogP contribution in [0, 0.1) is 10.1 Å². The highest BCUT2D eigenvalue weighted by molar-refractivity contribution is 6.00. The van der Waals surface area contributed by atoms with Crippen LogP contribution >= 0.6 is 0 Å². The number of amides is 1. The molecular weight excluding hydrogens is 382 g/mol. The van der Waals surface area contributed by atoms with Gasteiger partial charge in [0, 0.05) is 36.3 Å². The Morgan fingerprint density at radius 3 is 2.63 bits per heavy atom. The number of nitrogens with one attached hydrogen (secondary N) is 2. The predicted octanol–water partition coefficient (Wildman–Crippen LogP) is 4.46. The summed E-state index contributed by atoms with van der Waals surface area (Å²) in [7, 11) is 0. The number of hydrogen-bond acceptors (Lipinski definition) is 5. The molecule has 0 saturated carbocycles. The highest BCUT2D eigenvalue weighted by Gasteiger charge is 2.25. The Morgan fingerprint density at radius 2 is 1.83 bits per heavy atom. The summed E-state index contributed by atoms with van der Waals surface area (Å²) in [5.74, 6) is 0.381. The summed E-state index contributed by atoms with van der Waals surface area (Å²) in [4.78, 5) is 23.9. The number of nitro groups is 1. The van der Waals surface area contributed by atoms with Crippen LogP contribution in [0.15, 0.2) is 72.8 Å². The summed E-state index contributed by atoms with van der Waals surface area (Å²) in [6.07, 6.45) is 0.629. The first-order valence-corrected chi connectivity index (χ1v) is 9.70. The summed E-state index contributed by atoms with van der Waals surface area (Å²) in [5.41, 5.74) is 2.60. The fraction of sp³-hybridized carbons (Fsp3) is 0.174. The zero-order valence-electron chi connectivity index (χ0n) is 16.2. The molecule has 0 saturated heterocycles. The van der Waals surface area contributed by atoms with E-state index in [4.69, 9.17) is 4.74 Å². The Labute approximate surface area is 173 Å². The van der Waals surface area contributed by atoms with Crippen molar-refractivity contribution in [2.24, 2.45) is 0 Å². The van der Waals surface area contributed by atoms with Gasteiger partial charge < -0.3 is 15.4 Å². The number of fused-ring (bicyclic) bond motifs is 1. The Bertz CT molecular complexity index is 1070. The van der Waals surface area contributed by atoms with Gasteiger partial charge in [-0.15, -0.1) is 0 Å². The molecule has 0 fully saturated rings. The van der Waals surface area contributed by atoms with E-state index in [1.165, 1.54) is 12.1 Å². The Morgan fingerprint density at radius 1 is 1.07 bits per heavy atom. The van der Waals surface area contributed by atoms with Crippen molar-refractivity contribution >= 4 is 17.3 Å². The van der Waals surface area contributed by atoms with Gasteiger partial charge in [0.2, 0.25) is 0 Å². The summed E-state index contributed by atoms with van der Waals surface area (Å²) in [6, 6.07) is 21.4. The molecule has 1 aliphatic heterocycles. The first kappa shape index (κ1) is 19.4. The van der Waals surface area contributed by atoms with Crippen LogP contribution in [0.1, 0.15) is 33.9 Å². The third-order valence-electron chi connectivity index (χ3n) is 5.05. The second-order valence-electron chi connectivity index (χ2n) is 7.03. The number of ether oxygens (including phenoxy) is 1. The molecule has 7 heteroatoms. The van der Waals surface area contributed by atoms with Crippen molar-refractivity contribution in [1.29, 1.82) is 0 Å². The maximum absolute atomic E-state index is 13.1. The van der Waals surface area contributed by atoms with Gasteiger partial charge in [0.15, 0.2) is 0 Å². The number of nitro benzene ring substituents is 1. The third kappa shape index (κ3) is 4.25. The third-order valence-corrected chi connectivity index (χ3v) is 5.05. The average molecular weight is 403 g/mol. The molecule has 2 N–H and O–H groups in total. The minimum absolute atomic E-state index is 0.127. The standard InChI is InChI=1S/C23H21N3O4/c27-23(25-21-12-13-30-22-9-5-4-8-18(21)22)19-14-17(26(28)29)10-11-20(19)24-15-16-6-2-1-3-7-16/h1-11,14,21,24H,12-13,15H2,(H,25,27)/t21-/m1/s1. The van der Waals surface area contributed by atoms with Crippen LogP contribution in [0.4, 0.5) is 11.4 Å². The molecule has 3 aromatic carbocycles. The van der Waals surface area contributed by atoms with Crippen molar-refractivity contribution in [2.45, 2.75) is 19.0 Å². The molecule has 152 valence electrons. The van der Waals surface area contributed by atoms with Crippen molar-refractivity contribution in [2.75, 3.05) is 11.9 Å². The van der Waals surface area contributed by atoms with Gasteiger partial charge in [-0.3, -0.25) is 14.9 Å². The number of hydrogen-bond donors (Lipinski definition) is 2. The van der Waals surface area contributed by atoms with Gasteiger partial charge in [0.25, 0.3) is 11.6 Å². The number of benzene rings is 3. The minimum Gasteiger partial charge on any atom is -0.493 e. The number of anilines is 1. The van der Waals surface area contributed by atoms with Gasteiger partial charge in [0.05, 0.1) is 23.1 Å². The van der Waals surface area contributed by atoms with Crippen LogP contribution in [0.5, 0.6) is 5.75 Å². The minimum atomic E-state index is -0.499. The monoisotopic (exact) mass is 403 g/mol. The molecule has 1 aliphatic rings. The number of carbonyl (C=O) groups is 1. The normalized spacial score (nSPS) is 14.9. The SMILES string of the molecule is O=C(N[C@@H]1CCOc2ccccc21)c1cc([N+](=O)[O-])ccc1NCc1ccccc1. The summed E-state index contributed by atoms with van der Waals surface area (Å²) in [6.45, 7) is 0.995. The van der Waals surface area contributed by atoms with Crippen LogP contribution in [0.2, 0.25) is 0 Å². The lowest BCUT2D eigenvalue weighted by Gasteiger charge is -2.27. The lowest BCUT2D eigenvalue weighted by atomic mass is 10.00. The molecule has 4 rings (SSSR count). The van der Waals surface area contributed by atoms with Crippen molar-refractivity contribution in [1.82, 2.24) is 5.32 Å². The summed E-state index contributed by atoms with van der Waals surface area (Å²) in [5, 5.41) is 17.5. The number of rotatable bonds is 6. The van der Waals surface area contributed by atoms with E-state index < -0.39 is 4.92 Å². The average Bonchev–Trinajstić information content (AvgIpc) is 2.78. The molecule has 30 heavy (non-hydrogen) atoms. The molecule has 0 aromatic heterocycles. The Kier molecular flexibility index (Phi) is 5.61. The number of non-ortho nitro benzene ring substituents is 1. The van der Waals surface area contributed by atoms with E-state index in [1.807, 2.05) is 54.6 Å². The van der Waals surface area contributed by atoms with Gasteiger partial charge in [-0.25, -0.2) is 0 Å². The molecule has 0 spiro atoms.